The number of amides is 1. The molecule has 2 aromatic rings. The first-order chi connectivity index (χ1) is 11.9. The fourth-order valence-electron chi connectivity index (χ4n) is 2.08. The second-order valence-corrected chi connectivity index (χ2v) is 6.86. The first-order valence-electron chi connectivity index (χ1n) is 7.86. The summed E-state index contributed by atoms with van der Waals surface area (Å²) in [5.41, 5.74) is 1.09. The predicted molar refractivity (Wildman–Crippen MR) is 103 cm³/mol. The number of rotatable bonds is 6. The van der Waals surface area contributed by atoms with Crippen molar-refractivity contribution in [2.75, 3.05) is 11.9 Å². The van der Waals surface area contributed by atoms with Crippen LogP contribution in [0.4, 0.5) is 10.1 Å². The molecule has 0 atom stereocenters. The van der Waals surface area contributed by atoms with Crippen molar-refractivity contribution in [1.29, 1.82) is 0 Å². The van der Waals surface area contributed by atoms with E-state index >= 15 is 0 Å². The van der Waals surface area contributed by atoms with Crippen LogP contribution >= 0.6 is 23.8 Å². The van der Waals surface area contributed by atoms with Gasteiger partial charge in [-0.15, -0.1) is 0 Å². The number of benzene rings is 2. The van der Waals surface area contributed by atoms with Gasteiger partial charge in [-0.3, -0.25) is 4.79 Å². The van der Waals surface area contributed by atoms with Crippen molar-refractivity contribution in [3.05, 3.63) is 64.4 Å². The molecule has 132 valence electrons. The maximum Gasteiger partial charge on any atom is 0.255 e. The molecule has 0 saturated heterocycles. The molecule has 0 saturated carbocycles. The Morgan fingerprint density at radius 2 is 1.96 bits per heavy atom. The Morgan fingerprint density at radius 1 is 1.28 bits per heavy atom. The van der Waals surface area contributed by atoms with Gasteiger partial charge < -0.3 is 10.1 Å². The summed E-state index contributed by atoms with van der Waals surface area (Å²) in [6.07, 6.45) is 0.273. The van der Waals surface area contributed by atoms with E-state index in [4.69, 9.17) is 28.6 Å². The van der Waals surface area contributed by atoms with E-state index in [2.05, 4.69) is 5.32 Å². The summed E-state index contributed by atoms with van der Waals surface area (Å²) < 4.78 is 19.6. The first kappa shape index (κ1) is 19.3. The molecule has 25 heavy (non-hydrogen) atoms. The van der Waals surface area contributed by atoms with Crippen LogP contribution in [0, 0.1) is 11.7 Å². The standard InChI is InChI=1S/C19H19ClFNO2S/c1-12(2)11-24-18(25)9-14-8-17(16(21)10-15(14)20)22-19(23)13-6-4-3-5-7-13/h3-8,10,12H,9,11H2,1-2H3,(H,22,23). The van der Waals surface area contributed by atoms with Crippen molar-refractivity contribution in [3.63, 3.8) is 0 Å². The van der Waals surface area contributed by atoms with E-state index in [0.717, 1.165) is 0 Å². The SMILES string of the molecule is CC(C)COC(=S)Cc1cc(NC(=O)c2ccccc2)c(F)cc1Cl. The monoisotopic (exact) mass is 379 g/mol. The van der Waals surface area contributed by atoms with E-state index in [0.29, 0.717) is 28.7 Å². The number of carbonyl (C=O) groups is 1. The lowest BCUT2D eigenvalue weighted by Gasteiger charge is -2.13. The highest BCUT2D eigenvalue weighted by molar-refractivity contribution is 7.80. The number of hydrogen-bond donors (Lipinski definition) is 1. The quantitative estimate of drug-likeness (QED) is 0.694. The zero-order chi connectivity index (χ0) is 18.4. The molecule has 0 spiro atoms. The van der Waals surface area contributed by atoms with Gasteiger partial charge >= 0.3 is 0 Å². The topological polar surface area (TPSA) is 38.3 Å². The molecular formula is C19H19ClFNO2S. The summed E-state index contributed by atoms with van der Waals surface area (Å²) in [5, 5.41) is 3.18. The minimum Gasteiger partial charge on any atom is -0.486 e. The fraction of sp³-hybridized carbons (Fsp3) is 0.263. The molecule has 2 rings (SSSR count). The molecule has 0 aliphatic rings. The minimum atomic E-state index is -0.605. The third kappa shape index (κ3) is 5.80. The van der Waals surface area contributed by atoms with Gasteiger partial charge in [0, 0.05) is 17.0 Å². The van der Waals surface area contributed by atoms with Crippen LogP contribution < -0.4 is 5.32 Å². The Kier molecular flexibility index (Phi) is 6.91. The molecule has 0 aromatic heterocycles. The Labute approximate surface area is 157 Å². The average molecular weight is 380 g/mol. The van der Waals surface area contributed by atoms with E-state index in [1.165, 1.54) is 12.1 Å². The van der Waals surface area contributed by atoms with Gasteiger partial charge in [0.2, 0.25) is 0 Å². The lowest BCUT2D eigenvalue weighted by Crippen LogP contribution is -2.14. The highest BCUT2D eigenvalue weighted by atomic mass is 35.5. The second-order valence-electron chi connectivity index (χ2n) is 6.00. The van der Waals surface area contributed by atoms with E-state index < -0.39 is 11.7 Å². The largest absolute Gasteiger partial charge is 0.486 e. The number of carbonyl (C=O) groups excluding carboxylic acids is 1. The second kappa shape index (κ2) is 8.92. The Bertz CT molecular complexity index is 766. The maximum absolute atomic E-state index is 14.1. The third-order valence-electron chi connectivity index (χ3n) is 3.33. The molecule has 2 aromatic carbocycles. The van der Waals surface area contributed by atoms with Crippen LogP contribution in [-0.4, -0.2) is 17.6 Å². The molecule has 0 radical (unpaired) electrons. The van der Waals surface area contributed by atoms with Crippen LogP contribution in [0.5, 0.6) is 0 Å². The van der Waals surface area contributed by atoms with Gasteiger partial charge in [-0.05, 0) is 48.0 Å². The minimum absolute atomic E-state index is 0.0555. The summed E-state index contributed by atoms with van der Waals surface area (Å²) in [6, 6.07) is 11.2. The molecule has 1 N–H and O–H groups in total. The fourth-order valence-corrected chi connectivity index (χ4v) is 2.52. The Balaban J connectivity index is 2.14. The zero-order valence-corrected chi connectivity index (χ0v) is 15.6. The maximum atomic E-state index is 14.1. The highest BCUT2D eigenvalue weighted by Crippen LogP contribution is 2.25. The lowest BCUT2D eigenvalue weighted by molar-refractivity contribution is 0.102. The van der Waals surface area contributed by atoms with E-state index in [9.17, 15) is 9.18 Å². The molecule has 0 aliphatic carbocycles. The summed E-state index contributed by atoms with van der Waals surface area (Å²) >= 11 is 11.3. The van der Waals surface area contributed by atoms with Crippen molar-refractivity contribution >= 4 is 40.5 Å². The van der Waals surface area contributed by atoms with Gasteiger partial charge in [0.05, 0.1) is 12.3 Å². The van der Waals surface area contributed by atoms with E-state index in [-0.39, 0.29) is 17.1 Å². The van der Waals surface area contributed by atoms with Gasteiger partial charge in [0.25, 0.3) is 5.91 Å². The van der Waals surface area contributed by atoms with Gasteiger partial charge in [-0.1, -0.05) is 43.6 Å². The smallest absolute Gasteiger partial charge is 0.255 e. The van der Waals surface area contributed by atoms with Crippen LogP contribution in [0.2, 0.25) is 5.02 Å². The molecule has 0 aliphatic heterocycles. The van der Waals surface area contributed by atoms with Gasteiger partial charge in [0.1, 0.15) is 5.82 Å². The normalized spacial score (nSPS) is 10.6. The van der Waals surface area contributed by atoms with Crippen molar-refractivity contribution in [2.24, 2.45) is 5.92 Å². The summed E-state index contributed by atoms with van der Waals surface area (Å²) in [6.45, 7) is 4.55. The van der Waals surface area contributed by atoms with Crippen molar-refractivity contribution in [2.45, 2.75) is 20.3 Å². The lowest BCUT2D eigenvalue weighted by atomic mass is 10.1. The van der Waals surface area contributed by atoms with Crippen LogP contribution in [0.3, 0.4) is 0 Å². The predicted octanol–water partition coefficient (Wildman–Crippen LogP) is 5.27. The van der Waals surface area contributed by atoms with E-state index in [1.807, 2.05) is 13.8 Å². The average Bonchev–Trinajstić information content (AvgIpc) is 2.58. The number of anilines is 1. The third-order valence-corrected chi connectivity index (χ3v) is 3.95. The van der Waals surface area contributed by atoms with Crippen LogP contribution in [-0.2, 0) is 11.2 Å². The Morgan fingerprint density at radius 3 is 2.60 bits per heavy atom. The van der Waals surface area contributed by atoms with Crippen molar-refractivity contribution in [3.8, 4) is 0 Å². The summed E-state index contributed by atoms with van der Waals surface area (Å²) in [7, 11) is 0. The number of thiocarbonyl (C=S) groups is 1. The summed E-state index contributed by atoms with van der Waals surface area (Å²) in [5.74, 6) is -0.652. The molecule has 0 heterocycles. The highest BCUT2D eigenvalue weighted by Gasteiger charge is 2.14. The molecule has 0 bridgehead atoms. The van der Waals surface area contributed by atoms with Gasteiger partial charge in [-0.25, -0.2) is 4.39 Å². The molecular weight excluding hydrogens is 361 g/mol. The van der Waals surface area contributed by atoms with Gasteiger partial charge in [-0.2, -0.15) is 0 Å². The molecule has 3 nitrogen and oxygen atoms in total. The molecule has 6 heteroatoms. The van der Waals surface area contributed by atoms with Crippen LogP contribution in [0.25, 0.3) is 0 Å². The molecule has 0 unspecified atom stereocenters. The number of ether oxygens (including phenoxy) is 1. The van der Waals surface area contributed by atoms with Crippen LogP contribution in [0.15, 0.2) is 42.5 Å². The molecule has 0 fully saturated rings. The zero-order valence-electron chi connectivity index (χ0n) is 14.0. The summed E-state index contributed by atoms with van der Waals surface area (Å²) in [4.78, 5) is 12.2. The number of nitrogens with one attached hydrogen (secondary N) is 1. The van der Waals surface area contributed by atoms with Gasteiger partial charge in [0.15, 0.2) is 5.05 Å². The number of halogens is 2. The Hall–Kier alpha value is -1.98. The molecule has 1 amide bonds. The first-order valence-corrected chi connectivity index (χ1v) is 8.65. The van der Waals surface area contributed by atoms with Crippen molar-refractivity contribution < 1.29 is 13.9 Å². The van der Waals surface area contributed by atoms with E-state index in [1.54, 1.807) is 30.3 Å². The van der Waals surface area contributed by atoms with Crippen molar-refractivity contribution in [1.82, 2.24) is 0 Å². The van der Waals surface area contributed by atoms with Crippen LogP contribution in [0.1, 0.15) is 29.8 Å². The number of hydrogen-bond acceptors (Lipinski definition) is 3.